The minimum absolute atomic E-state index is 0.723. The Hall–Kier alpha value is -1.16. The molecule has 0 radical (unpaired) electrons. The molecule has 1 saturated heterocycles. The fourth-order valence-electron chi connectivity index (χ4n) is 2.46. The molecule has 0 amide bonds. The zero-order valence-corrected chi connectivity index (χ0v) is 13.3. The van der Waals surface area contributed by atoms with Gasteiger partial charge < -0.3 is 10.6 Å². The molecule has 0 saturated carbocycles. The molecular formula is C16H25N3S. The van der Waals surface area contributed by atoms with Crippen molar-refractivity contribution >= 4 is 17.7 Å². The molecule has 4 heteroatoms. The van der Waals surface area contributed by atoms with Crippen LogP contribution in [0.5, 0.6) is 0 Å². The number of nitrogens with zero attached hydrogens (tertiary/aromatic N) is 2. The van der Waals surface area contributed by atoms with Crippen LogP contribution in [0.15, 0.2) is 34.2 Å². The second kappa shape index (κ2) is 7.58. The summed E-state index contributed by atoms with van der Waals surface area (Å²) in [7, 11) is 0. The van der Waals surface area contributed by atoms with E-state index < -0.39 is 0 Å². The summed E-state index contributed by atoms with van der Waals surface area (Å²) in [5, 5.41) is 0. The molecule has 110 valence electrons. The second-order valence-corrected chi connectivity index (χ2v) is 6.76. The van der Waals surface area contributed by atoms with Crippen LogP contribution in [0.25, 0.3) is 0 Å². The van der Waals surface area contributed by atoms with Gasteiger partial charge in [-0.1, -0.05) is 24.6 Å². The Morgan fingerprint density at radius 3 is 2.85 bits per heavy atom. The average Bonchev–Trinajstić information content (AvgIpc) is 2.45. The van der Waals surface area contributed by atoms with Gasteiger partial charge in [-0.25, -0.2) is 0 Å². The molecule has 2 N–H and O–H groups in total. The Labute approximate surface area is 126 Å². The van der Waals surface area contributed by atoms with Crippen molar-refractivity contribution in [3.05, 3.63) is 29.8 Å². The molecule has 1 unspecified atom stereocenters. The number of aliphatic imine (C=N–C) groups is 1. The number of hydrogen-bond donors (Lipinski definition) is 1. The third-order valence-corrected chi connectivity index (χ3v) is 4.63. The maximum absolute atomic E-state index is 6.08. The molecule has 20 heavy (non-hydrogen) atoms. The summed E-state index contributed by atoms with van der Waals surface area (Å²) in [6.07, 6.45) is 2.54. The van der Waals surface area contributed by atoms with E-state index in [1.807, 2.05) is 11.8 Å². The molecular weight excluding hydrogens is 266 g/mol. The third kappa shape index (κ3) is 4.75. The Kier molecular flexibility index (Phi) is 5.77. The molecule has 0 spiro atoms. The van der Waals surface area contributed by atoms with Crippen LogP contribution in [-0.2, 0) is 0 Å². The van der Waals surface area contributed by atoms with Gasteiger partial charge in [0.05, 0.1) is 6.54 Å². The zero-order chi connectivity index (χ0) is 14.4. The fourth-order valence-corrected chi connectivity index (χ4v) is 3.20. The van der Waals surface area contributed by atoms with Crippen molar-refractivity contribution in [1.29, 1.82) is 0 Å². The molecule has 1 aromatic rings. The lowest BCUT2D eigenvalue weighted by Crippen LogP contribution is -2.43. The lowest BCUT2D eigenvalue weighted by molar-refractivity contribution is 0.270. The molecule has 2 rings (SSSR count). The predicted molar refractivity (Wildman–Crippen MR) is 88.4 cm³/mol. The van der Waals surface area contributed by atoms with Gasteiger partial charge in [0, 0.05) is 23.7 Å². The summed E-state index contributed by atoms with van der Waals surface area (Å²) in [6, 6.07) is 8.63. The lowest BCUT2D eigenvalue weighted by atomic mass is 10.0. The van der Waals surface area contributed by atoms with E-state index in [4.69, 9.17) is 5.73 Å². The SMILES string of the molecule is Cc1ccc(SCCN=C(N)N2CCCC(C)C2)cc1. The highest BCUT2D eigenvalue weighted by Crippen LogP contribution is 2.18. The summed E-state index contributed by atoms with van der Waals surface area (Å²) < 4.78 is 0. The van der Waals surface area contributed by atoms with Crippen LogP contribution >= 0.6 is 11.8 Å². The molecule has 0 aliphatic carbocycles. The van der Waals surface area contributed by atoms with Gasteiger partial charge in [-0.3, -0.25) is 4.99 Å². The van der Waals surface area contributed by atoms with Crippen molar-refractivity contribution < 1.29 is 0 Å². The smallest absolute Gasteiger partial charge is 0.191 e. The number of benzene rings is 1. The summed E-state index contributed by atoms with van der Waals surface area (Å²) >= 11 is 1.84. The number of hydrogen-bond acceptors (Lipinski definition) is 2. The normalized spacial score (nSPS) is 20.2. The van der Waals surface area contributed by atoms with E-state index in [2.05, 4.69) is 48.0 Å². The molecule has 0 aromatic heterocycles. The first-order valence-electron chi connectivity index (χ1n) is 7.39. The van der Waals surface area contributed by atoms with E-state index in [0.29, 0.717) is 0 Å². The summed E-state index contributed by atoms with van der Waals surface area (Å²) in [5.74, 6) is 2.44. The number of guanidine groups is 1. The van der Waals surface area contributed by atoms with Crippen LogP contribution in [-0.4, -0.2) is 36.2 Å². The molecule has 1 aromatic carbocycles. The molecule has 1 fully saturated rings. The molecule has 3 nitrogen and oxygen atoms in total. The summed E-state index contributed by atoms with van der Waals surface area (Å²) in [5.41, 5.74) is 7.38. The van der Waals surface area contributed by atoms with E-state index in [0.717, 1.165) is 37.3 Å². The first-order chi connectivity index (χ1) is 9.65. The van der Waals surface area contributed by atoms with Crippen molar-refractivity contribution in [1.82, 2.24) is 4.90 Å². The molecule has 1 heterocycles. The standard InChI is InChI=1S/C16H25N3S/c1-13-5-7-15(8-6-13)20-11-9-18-16(17)19-10-3-4-14(2)12-19/h5-8,14H,3-4,9-12H2,1-2H3,(H2,17,18). The van der Waals surface area contributed by atoms with Crippen molar-refractivity contribution in [3.8, 4) is 0 Å². The first kappa shape index (κ1) is 15.2. The Bertz CT molecular complexity index is 442. The highest BCUT2D eigenvalue weighted by Gasteiger charge is 2.17. The largest absolute Gasteiger partial charge is 0.370 e. The van der Waals surface area contributed by atoms with E-state index in [-0.39, 0.29) is 0 Å². The van der Waals surface area contributed by atoms with Crippen molar-refractivity contribution in [3.63, 3.8) is 0 Å². The van der Waals surface area contributed by atoms with Gasteiger partial charge in [0.25, 0.3) is 0 Å². The minimum Gasteiger partial charge on any atom is -0.370 e. The number of rotatable bonds is 4. The van der Waals surface area contributed by atoms with Crippen molar-refractivity contribution in [2.75, 3.05) is 25.4 Å². The number of nitrogens with two attached hydrogens (primary N) is 1. The van der Waals surface area contributed by atoms with E-state index >= 15 is 0 Å². The lowest BCUT2D eigenvalue weighted by Gasteiger charge is -2.31. The average molecular weight is 291 g/mol. The van der Waals surface area contributed by atoms with Crippen LogP contribution in [0.4, 0.5) is 0 Å². The highest BCUT2D eigenvalue weighted by molar-refractivity contribution is 7.99. The van der Waals surface area contributed by atoms with Gasteiger partial charge in [0.1, 0.15) is 0 Å². The Balaban J connectivity index is 1.73. The first-order valence-corrected chi connectivity index (χ1v) is 8.38. The number of thioether (sulfide) groups is 1. The third-order valence-electron chi connectivity index (χ3n) is 3.64. The molecule has 1 atom stereocenters. The van der Waals surface area contributed by atoms with E-state index in [9.17, 15) is 0 Å². The van der Waals surface area contributed by atoms with Crippen LogP contribution in [0.2, 0.25) is 0 Å². The van der Waals surface area contributed by atoms with Gasteiger partial charge in [-0.15, -0.1) is 11.8 Å². The predicted octanol–water partition coefficient (Wildman–Crippen LogP) is 3.13. The Morgan fingerprint density at radius 2 is 2.15 bits per heavy atom. The van der Waals surface area contributed by atoms with Crippen molar-refractivity contribution in [2.24, 2.45) is 16.6 Å². The van der Waals surface area contributed by atoms with Gasteiger partial charge in [-0.2, -0.15) is 0 Å². The monoisotopic (exact) mass is 291 g/mol. The second-order valence-electron chi connectivity index (χ2n) is 5.59. The van der Waals surface area contributed by atoms with E-state index in [1.165, 1.54) is 23.3 Å². The maximum Gasteiger partial charge on any atom is 0.191 e. The van der Waals surface area contributed by atoms with Crippen LogP contribution < -0.4 is 5.73 Å². The van der Waals surface area contributed by atoms with Gasteiger partial charge in [0.2, 0.25) is 0 Å². The van der Waals surface area contributed by atoms with Crippen molar-refractivity contribution in [2.45, 2.75) is 31.6 Å². The quantitative estimate of drug-likeness (QED) is 0.401. The van der Waals surface area contributed by atoms with Gasteiger partial charge in [-0.05, 0) is 37.8 Å². The zero-order valence-electron chi connectivity index (χ0n) is 12.5. The minimum atomic E-state index is 0.723. The van der Waals surface area contributed by atoms with Crippen LogP contribution in [0.1, 0.15) is 25.3 Å². The number of likely N-dealkylation sites (tertiary alicyclic amines) is 1. The number of piperidine rings is 1. The van der Waals surface area contributed by atoms with Crippen LogP contribution in [0.3, 0.4) is 0 Å². The summed E-state index contributed by atoms with van der Waals surface area (Å²) in [4.78, 5) is 8.04. The van der Waals surface area contributed by atoms with Crippen LogP contribution in [0, 0.1) is 12.8 Å². The van der Waals surface area contributed by atoms with Gasteiger partial charge in [0.15, 0.2) is 5.96 Å². The van der Waals surface area contributed by atoms with E-state index in [1.54, 1.807) is 0 Å². The summed E-state index contributed by atoms with van der Waals surface area (Å²) in [6.45, 7) is 7.30. The fraction of sp³-hybridized carbons (Fsp3) is 0.562. The molecule has 0 bridgehead atoms. The number of aryl methyl sites for hydroxylation is 1. The Morgan fingerprint density at radius 1 is 1.40 bits per heavy atom. The maximum atomic E-state index is 6.08. The molecule has 1 aliphatic rings. The molecule has 1 aliphatic heterocycles. The topological polar surface area (TPSA) is 41.6 Å². The highest BCUT2D eigenvalue weighted by atomic mass is 32.2. The van der Waals surface area contributed by atoms with Gasteiger partial charge >= 0.3 is 0 Å².